The molecule has 1 amide bonds. The van der Waals surface area contributed by atoms with Crippen molar-refractivity contribution >= 4 is 28.8 Å². The van der Waals surface area contributed by atoms with E-state index in [1.807, 2.05) is 55.5 Å². The van der Waals surface area contributed by atoms with E-state index >= 15 is 0 Å². The van der Waals surface area contributed by atoms with Gasteiger partial charge in [0.05, 0.1) is 19.8 Å². The van der Waals surface area contributed by atoms with Crippen LogP contribution in [-0.2, 0) is 36.7 Å². The number of carbonyl (C=O) groups excluding carboxylic acids is 3. The molecule has 0 fully saturated rings. The van der Waals surface area contributed by atoms with Crippen LogP contribution < -0.4 is 5.32 Å². The van der Waals surface area contributed by atoms with E-state index in [0.29, 0.717) is 11.1 Å². The normalized spacial score (nSPS) is 11.7. The highest BCUT2D eigenvalue weighted by Crippen LogP contribution is 2.22. The predicted molar refractivity (Wildman–Crippen MR) is 110 cm³/mol. The van der Waals surface area contributed by atoms with Crippen LogP contribution in [0.1, 0.15) is 16.7 Å². The number of furan rings is 1. The van der Waals surface area contributed by atoms with Crippen LogP contribution in [0.15, 0.2) is 59.2 Å². The Labute approximate surface area is 174 Å². The van der Waals surface area contributed by atoms with Gasteiger partial charge in [0.2, 0.25) is 0 Å². The Morgan fingerprint density at radius 2 is 1.87 bits per heavy atom. The Kier molecular flexibility index (Phi) is 6.85. The maximum atomic E-state index is 12.2. The van der Waals surface area contributed by atoms with Crippen molar-refractivity contribution in [3.63, 3.8) is 0 Å². The fourth-order valence-corrected chi connectivity index (χ4v) is 3.10. The van der Waals surface area contributed by atoms with Gasteiger partial charge in [-0.15, -0.1) is 0 Å². The average Bonchev–Trinajstić information content (AvgIpc) is 3.13. The number of aryl methyl sites for hydroxylation is 1. The lowest BCUT2D eigenvalue weighted by Crippen LogP contribution is -2.44. The summed E-state index contributed by atoms with van der Waals surface area (Å²) >= 11 is 0. The average molecular weight is 409 g/mol. The van der Waals surface area contributed by atoms with Crippen LogP contribution >= 0.6 is 0 Å². The zero-order valence-corrected chi connectivity index (χ0v) is 16.8. The van der Waals surface area contributed by atoms with Gasteiger partial charge in [-0.3, -0.25) is 9.59 Å². The fraction of sp³-hybridized carbons (Fsp3) is 0.261. The first-order chi connectivity index (χ1) is 14.5. The van der Waals surface area contributed by atoms with Crippen molar-refractivity contribution in [1.29, 1.82) is 0 Å². The summed E-state index contributed by atoms with van der Waals surface area (Å²) in [6.07, 6.45) is 1.76. The Balaban J connectivity index is 1.54. The molecule has 0 saturated heterocycles. The standard InChI is InChI=1S/C23H23NO6/c1-15-8-9-18-17(13-29-20(18)10-15)12-22(26)30-14-21(25)24-19(23(27)28-2)11-16-6-4-3-5-7-16/h3-10,13,19H,11-12,14H2,1-2H3,(H,24,25)/t19-/m1/s1. The van der Waals surface area contributed by atoms with Crippen molar-refractivity contribution < 1.29 is 28.3 Å². The molecule has 7 heteroatoms. The van der Waals surface area contributed by atoms with Crippen LogP contribution in [0, 0.1) is 6.92 Å². The maximum absolute atomic E-state index is 12.2. The topological polar surface area (TPSA) is 94.8 Å². The van der Waals surface area contributed by atoms with Gasteiger partial charge in [-0.25, -0.2) is 4.79 Å². The summed E-state index contributed by atoms with van der Waals surface area (Å²) in [5, 5.41) is 3.39. The van der Waals surface area contributed by atoms with Gasteiger partial charge in [0.1, 0.15) is 11.6 Å². The van der Waals surface area contributed by atoms with Gasteiger partial charge in [-0.2, -0.15) is 0 Å². The molecule has 0 saturated carbocycles. The predicted octanol–water partition coefficient (Wildman–Crippen LogP) is 2.73. The summed E-state index contributed by atoms with van der Waals surface area (Å²) in [5.41, 5.74) is 3.30. The van der Waals surface area contributed by atoms with Crippen LogP contribution in [0.25, 0.3) is 11.0 Å². The molecule has 0 aliphatic rings. The number of benzene rings is 2. The first-order valence-corrected chi connectivity index (χ1v) is 9.49. The van der Waals surface area contributed by atoms with Crippen LogP contribution in [0.5, 0.6) is 0 Å². The van der Waals surface area contributed by atoms with Gasteiger partial charge in [-0.05, 0) is 24.1 Å². The third-order valence-electron chi connectivity index (χ3n) is 4.61. The molecule has 7 nitrogen and oxygen atoms in total. The molecule has 1 N–H and O–H groups in total. The summed E-state index contributed by atoms with van der Waals surface area (Å²) < 4.78 is 15.3. The van der Waals surface area contributed by atoms with E-state index in [-0.39, 0.29) is 12.8 Å². The van der Waals surface area contributed by atoms with E-state index in [1.165, 1.54) is 13.4 Å². The minimum atomic E-state index is -0.871. The zero-order chi connectivity index (χ0) is 21.5. The number of carbonyl (C=O) groups is 3. The second-order valence-electron chi connectivity index (χ2n) is 6.93. The number of rotatable bonds is 8. The molecule has 0 aliphatic carbocycles. The summed E-state index contributed by atoms with van der Waals surface area (Å²) in [6, 6.07) is 14.1. The van der Waals surface area contributed by atoms with E-state index in [9.17, 15) is 14.4 Å². The Bertz CT molecular complexity index is 1040. The summed E-state index contributed by atoms with van der Waals surface area (Å²) in [5.74, 6) is -1.72. The molecular formula is C23H23NO6. The molecule has 0 aliphatic heterocycles. The molecule has 0 bridgehead atoms. The third kappa shape index (κ3) is 5.47. The monoisotopic (exact) mass is 409 g/mol. The molecule has 1 heterocycles. The molecule has 1 atom stereocenters. The van der Waals surface area contributed by atoms with Gasteiger partial charge in [0.25, 0.3) is 5.91 Å². The van der Waals surface area contributed by atoms with E-state index in [4.69, 9.17) is 13.9 Å². The van der Waals surface area contributed by atoms with Gasteiger partial charge in [0.15, 0.2) is 6.61 Å². The minimum absolute atomic E-state index is 0.0201. The third-order valence-corrected chi connectivity index (χ3v) is 4.61. The SMILES string of the molecule is COC(=O)[C@@H](Cc1ccccc1)NC(=O)COC(=O)Cc1coc2cc(C)ccc12. The van der Waals surface area contributed by atoms with Crippen LogP contribution in [0.3, 0.4) is 0 Å². The molecule has 0 spiro atoms. The lowest BCUT2D eigenvalue weighted by Gasteiger charge is -2.16. The van der Waals surface area contributed by atoms with Crippen molar-refractivity contribution in [3.8, 4) is 0 Å². The van der Waals surface area contributed by atoms with Crippen LogP contribution in [0.4, 0.5) is 0 Å². The van der Waals surface area contributed by atoms with Crippen molar-refractivity contribution in [2.45, 2.75) is 25.8 Å². The quantitative estimate of drug-likeness (QED) is 0.575. The number of esters is 2. The molecule has 2 aromatic carbocycles. The van der Waals surface area contributed by atoms with Crippen molar-refractivity contribution in [1.82, 2.24) is 5.32 Å². The molecule has 3 rings (SSSR count). The number of nitrogens with one attached hydrogen (secondary N) is 1. The van der Waals surface area contributed by atoms with Crippen molar-refractivity contribution in [2.75, 3.05) is 13.7 Å². The first-order valence-electron chi connectivity index (χ1n) is 9.49. The van der Waals surface area contributed by atoms with E-state index in [0.717, 1.165) is 16.5 Å². The highest BCUT2D eigenvalue weighted by Gasteiger charge is 2.22. The lowest BCUT2D eigenvalue weighted by molar-refractivity contribution is -0.149. The molecule has 1 aromatic heterocycles. The largest absolute Gasteiger partial charge is 0.467 e. The summed E-state index contributed by atoms with van der Waals surface area (Å²) in [4.78, 5) is 36.4. The van der Waals surface area contributed by atoms with Gasteiger partial charge >= 0.3 is 11.9 Å². The molecule has 156 valence electrons. The Morgan fingerprint density at radius 1 is 1.10 bits per heavy atom. The lowest BCUT2D eigenvalue weighted by atomic mass is 10.1. The fourth-order valence-electron chi connectivity index (χ4n) is 3.10. The summed E-state index contributed by atoms with van der Waals surface area (Å²) in [6.45, 7) is 1.46. The first kappa shape index (κ1) is 21.1. The maximum Gasteiger partial charge on any atom is 0.328 e. The smallest absolute Gasteiger partial charge is 0.328 e. The second-order valence-corrected chi connectivity index (χ2v) is 6.93. The molecular weight excluding hydrogens is 386 g/mol. The zero-order valence-electron chi connectivity index (χ0n) is 16.8. The molecule has 30 heavy (non-hydrogen) atoms. The number of amides is 1. The van der Waals surface area contributed by atoms with Crippen molar-refractivity contribution in [2.24, 2.45) is 0 Å². The number of methoxy groups -OCH3 is 1. The minimum Gasteiger partial charge on any atom is -0.467 e. The van der Waals surface area contributed by atoms with Gasteiger partial charge < -0.3 is 19.2 Å². The Hall–Kier alpha value is -3.61. The molecule has 3 aromatic rings. The highest BCUT2D eigenvalue weighted by atomic mass is 16.5. The molecule has 0 radical (unpaired) electrons. The van der Waals surface area contributed by atoms with Gasteiger partial charge in [0, 0.05) is 17.4 Å². The van der Waals surface area contributed by atoms with E-state index in [2.05, 4.69) is 5.32 Å². The number of hydrogen-bond acceptors (Lipinski definition) is 6. The Morgan fingerprint density at radius 3 is 2.60 bits per heavy atom. The number of hydrogen-bond donors (Lipinski definition) is 1. The highest BCUT2D eigenvalue weighted by molar-refractivity contribution is 5.88. The van der Waals surface area contributed by atoms with Crippen LogP contribution in [-0.4, -0.2) is 37.6 Å². The van der Waals surface area contributed by atoms with Crippen molar-refractivity contribution in [3.05, 3.63) is 71.5 Å². The van der Waals surface area contributed by atoms with E-state index in [1.54, 1.807) is 0 Å². The molecule has 0 unspecified atom stereocenters. The number of fused-ring (bicyclic) bond motifs is 1. The van der Waals surface area contributed by atoms with Crippen LogP contribution in [0.2, 0.25) is 0 Å². The second kappa shape index (κ2) is 9.73. The summed E-state index contributed by atoms with van der Waals surface area (Å²) in [7, 11) is 1.25. The van der Waals surface area contributed by atoms with Gasteiger partial charge in [-0.1, -0.05) is 42.5 Å². The number of ether oxygens (including phenoxy) is 2. The van der Waals surface area contributed by atoms with E-state index < -0.39 is 30.5 Å².